The largest absolute Gasteiger partial charge is 0.347 e. The van der Waals surface area contributed by atoms with E-state index in [-0.39, 0.29) is 48.8 Å². The molecule has 1 saturated carbocycles. The fourth-order valence-corrected chi connectivity index (χ4v) is 6.07. The van der Waals surface area contributed by atoms with Crippen LogP contribution in [0, 0.1) is 40.5 Å². The van der Waals surface area contributed by atoms with Crippen molar-refractivity contribution < 1.29 is 37.2 Å². The maximum atomic E-state index is 14.7. The molecule has 1 aliphatic carbocycles. The molecular formula is C31H38F4N4O4. The van der Waals surface area contributed by atoms with Crippen molar-refractivity contribution in [3.63, 3.8) is 0 Å². The maximum absolute atomic E-state index is 14.7. The second-order valence-electron chi connectivity index (χ2n) is 12.5. The summed E-state index contributed by atoms with van der Waals surface area (Å²) in [5.74, 6) is -5.53. The van der Waals surface area contributed by atoms with Gasteiger partial charge in [-0.1, -0.05) is 46.5 Å². The Morgan fingerprint density at radius 3 is 2.30 bits per heavy atom. The van der Waals surface area contributed by atoms with Crippen molar-refractivity contribution in [2.24, 2.45) is 17.3 Å². The highest BCUT2D eigenvalue weighted by molar-refractivity contribution is 5.89. The van der Waals surface area contributed by atoms with E-state index in [0.717, 1.165) is 43.9 Å². The predicted octanol–water partition coefficient (Wildman–Crippen LogP) is 5.52. The van der Waals surface area contributed by atoms with E-state index in [1.807, 2.05) is 0 Å². The molecule has 234 valence electrons. The van der Waals surface area contributed by atoms with Crippen LogP contribution in [0.15, 0.2) is 30.3 Å². The van der Waals surface area contributed by atoms with Gasteiger partial charge in [0.15, 0.2) is 11.6 Å². The van der Waals surface area contributed by atoms with Gasteiger partial charge in [-0.05, 0) is 42.4 Å². The van der Waals surface area contributed by atoms with Crippen molar-refractivity contribution >= 4 is 29.6 Å². The molecule has 1 unspecified atom stereocenters. The average Bonchev–Trinajstić information content (AvgIpc) is 3.45. The molecule has 1 heterocycles. The number of anilines is 2. The van der Waals surface area contributed by atoms with Crippen LogP contribution < -0.4 is 15.5 Å². The van der Waals surface area contributed by atoms with Gasteiger partial charge in [0.25, 0.3) is 0 Å². The van der Waals surface area contributed by atoms with Crippen LogP contribution in [-0.4, -0.2) is 47.6 Å². The lowest BCUT2D eigenvalue weighted by atomic mass is 9.84. The van der Waals surface area contributed by atoms with Crippen LogP contribution in [0.4, 0.5) is 28.9 Å². The highest BCUT2D eigenvalue weighted by Crippen LogP contribution is 2.41. The fourth-order valence-electron chi connectivity index (χ4n) is 6.07. The van der Waals surface area contributed by atoms with Crippen LogP contribution in [0.2, 0.25) is 0 Å². The number of benzene rings is 2. The van der Waals surface area contributed by atoms with Gasteiger partial charge in [-0.15, -0.1) is 0 Å². The van der Waals surface area contributed by atoms with Crippen LogP contribution in [0.3, 0.4) is 0 Å². The first-order valence-corrected chi connectivity index (χ1v) is 14.5. The summed E-state index contributed by atoms with van der Waals surface area (Å²) < 4.78 is 57.1. The molecule has 4 rings (SSSR count). The molecule has 0 saturated heterocycles. The molecule has 3 atom stereocenters. The maximum Gasteiger partial charge on any atom is 0.243 e. The molecule has 43 heavy (non-hydrogen) atoms. The summed E-state index contributed by atoms with van der Waals surface area (Å²) in [6, 6.07) is 2.96. The first kappa shape index (κ1) is 32.2. The van der Waals surface area contributed by atoms with Gasteiger partial charge in [-0.25, -0.2) is 22.6 Å². The third kappa shape index (κ3) is 7.65. The van der Waals surface area contributed by atoms with Crippen LogP contribution in [0.1, 0.15) is 70.9 Å². The first-order chi connectivity index (χ1) is 20.3. The van der Waals surface area contributed by atoms with E-state index in [9.17, 15) is 37.2 Å². The number of carbonyl (C=O) groups excluding carboxylic acids is 3. The van der Waals surface area contributed by atoms with Crippen molar-refractivity contribution in [3.05, 3.63) is 59.2 Å². The van der Waals surface area contributed by atoms with Crippen molar-refractivity contribution in [2.45, 2.75) is 71.4 Å². The SMILES string of the molecule is CC(C)(C)[C@H](NC(=O)[C@H](CC1CCCC1)CN(O)C=O)C(=O)NC1CCN(c2ccc(F)cc2F)c2cc(F)c(F)cc21. The Balaban J connectivity index is 1.58. The molecule has 1 aliphatic heterocycles. The summed E-state index contributed by atoms with van der Waals surface area (Å²) in [7, 11) is 0. The van der Waals surface area contributed by atoms with E-state index >= 15 is 0 Å². The van der Waals surface area contributed by atoms with Crippen molar-refractivity contribution in [1.29, 1.82) is 0 Å². The van der Waals surface area contributed by atoms with E-state index in [2.05, 4.69) is 10.6 Å². The highest BCUT2D eigenvalue weighted by atomic mass is 19.2. The molecule has 2 aromatic rings. The quantitative estimate of drug-likeness (QED) is 0.143. The molecule has 2 aromatic carbocycles. The first-order valence-electron chi connectivity index (χ1n) is 14.5. The molecule has 3 amide bonds. The number of hydrogen-bond donors (Lipinski definition) is 3. The Morgan fingerprint density at radius 2 is 1.67 bits per heavy atom. The second-order valence-corrected chi connectivity index (χ2v) is 12.5. The Kier molecular flexibility index (Phi) is 9.99. The second kappa shape index (κ2) is 13.3. The average molecular weight is 607 g/mol. The zero-order valence-electron chi connectivity index (χ0n) is 24.5. The fraction of sp³-hybridized carbons (Fsp3) is 0.516. The number of carbonyl (C=O) groups is 3. The molecule has 0 spiro atoms. The summed E-state index contributed by atoms with van der Waals surface area (Å²) in [6.07, 6.45) is 4.82. The van der Waals surface area contributed by atoms with Gasteiger partial charge in [0, 0.05) is 29.9 Å². The lowest BCUT2D eigenvalue weighted by Crippen LogP contribution is -2.56. The number of nitrogens with zero attached hydrogens (tertiary/aromatic N) is 2. The molecule has 0 aromatic heterocycles. The van der Waals surface area contributed by atoms with Crippen LogP contribution in [0.5, 0.6) is 0 Å². The van der Waals surface area contributed by atoms with Gasteiger partial charge in [0.05, 0.1) is 24.2 Å². The Morgan fingerprint density at radius 1 is 1.00 bits per heavy atom. The minimum atomic E-state index is -1.17. The van der Waals surface area contributed by atoms with Crippen molar-refractivity contribution in [1.82, 2.24) is 15.7 Å². The summed E-state index contributed by atoms with van der Waals surface area (Å²) in [5, 5.41) is 15.9. The molecular weight excluding hydrogens is 568 g/mol. The lowest BCUT2D eigenvalue weighted by Gasteiger charge is -2.38. The number of halogens is 4. The number of hydrogen-bond acceptors (Lipinski definition) is 5. The van der Waals surface area contributed by atoms with Crippen molar-refractivity contribution in [3.8, 4) is 0 Å². The third-order valence-electron chi connectivity index (χ3n) is 8.30. The van der Waals surface area contributed by atoms with E-state index in [0.29, 0.717) is 17.6 Å². The minimum absolute atomic E-state index is 0.0279. The van der Waals surface area contributed by atoms with Crippen LogP contribution >= 0.6 is 0 Å². The topological polar surface area (TPSA) is 102 Å². The number of fused-ring (bicyclic) bond motifs is 1. The molecule has 0 bridgehead atoms. The Bertz CT molecular complexity index is 1350. The summed E-state index contributed by atoms with van der Waals surface area (Å²) in [5.41, 5.74) is -0.497. The number of amides is 3. The number of rotatable bonds is 10. The zero-order chi connectivity index (χ0) is 31.5. The van der Waals surface area contributed by atoms with Gasteiger partial charge >= 0.3 is 0 Å². The number of nitrogens with one attached hydrogen (secondary N) is 2. The third-order valence-corrected chi connectivity index (χ3v) is 8.30. The monoisotopic (exact) mass is 606 g/mol. The zero-order valence-corrected chi connectivity index (χ0v) is 24.5. The summed E-state index contributed by atoms with van der Waals surface area (Å²) in [4.78, 5) is 39.7. The van der Waals surface area contributed by atoms with Crippen molar-refractivity contribution in [2.75, 3.05) is 18.0 Å². The summed E-state index contributed by atoms with van der Waals surface area (Å²) in [6.45, 7) is 5.16. The molecule has 2 aliphatic rings. The van der Waals surface area contributed by atoms with Crippen LogP contribution in [-0.2, 0) is 14.4 Å². The normalized spacial score (nSPS) is 18.5. The molecule has 12 heteroatoms. The van der Waals surface area contributed by atoms with E-state index in [4.69, 9.17) is 0 Å². The van der Waals surface area contributed by atoms with Gasteiger partial charge in [0.2, 0.25) is 18.2 Å². The van der Waals surface area contributed by atoms with E-state index < -0.39 is 58.5 Å². The lowest BCUT2D eigenvalue weighted by molar-refractivity contribution is -0.155. The molecule has 0 radical (unpaired) electrons. The van der Waals surface area contributed by atoms with Gasteiger partial charge in [-0.3, -0.25) is 19.6 Å². The van der Waals surface area contributed by atoms with E-state index in [1.54, 1.807) is 20.8 Å². The smallest absolute Gasteiger partial charge is 0.243 e. The van der Waals surface area contributed by atoms with Crippen LogP contribution in [0.25, 0.3) is 0 Å². The number of hydroxylamine groups is 2. The van der Waals surface area contributed by atoms with Gasteiger partial charge in [0.1, 0.15) is 17.7 Å². The standard InChI is InChI=1S/C31H38F4N4O4/c1-31(2,3)28(37-29(41)19(16-38(43)17-40)12-18-6-4-5-7-18)30(42)36-25-10-11-39(26-9-8-20(32)13-24(26)35)27-15-23(34)22(33)14-21(25)27/h8-9,13-15,17-19,25,28,43H,4-7,10-12,16H2,1-3H3,(H,36,42)(H,37,41)/t19-,25?,28-/m1/s1. The summed E-state index contributed by atoms with van der Waals surface area (Å²) >= 11 is 0. The Labute approximate surface area is 248 Å². The molecule has 1 fully saturated rings. The highest BCUT2D eigenvalue weighted by Gasteiger charge is 2.38. The molecule has 8 nitrogen and oxygen atoms in total. The predicted molar refractivity (Wildman–Crippen MR) is 151 cm³/mol. The van der Waals surface area contributed by atoms with Gasteiger partial charge < -0.3 is 15.5 Å². The Hall–Kier alpha value is -3.67. The molecule has 3 N–H and O–H groups in total. The van der Waals surface area contributed by atoms with E-state index in [1.165, 1.54) is 11.0 Å². The van der Waals surface area contributed by atoms with Gasteiger partial charge in [-0.2, -0.15) is 0 Å². The minimum Gasteiger partial charge on any atom is -0.347 e.